The van der Waals surface area contributed by atoms with E-state index >= 15 is 0 Å². The smallest absolute Gasteiger partial charge is 0.186 e. The number of hydrogen-bond donors (Lipinski definition) is 1. The lowest BCUT2D eigenvalue weighted by molar-refractivity contribution is 0.362. The number of piperidine rings is 1. The van der Waals surface area contributed by atoms with Gasteiger partial charge in [0, 0.05) is 23.5 Å². The van der Waals surface area contributed by atoms with Crippen molar-refractivity contribution < 1.29 is 0 Å². The number of nitrogens with two attached hydrogens (primary N) is 1. The lowest BCUT2D eigenvalue weighted by Crippen LogP contribution is -2.42. The van der Waals surface area contributed by atoms with Crippen LogP contribution in [0.4, 0.5) is 5.13 Å². The molecule has 18 heavy (non-hydrogen) atoms. The van der Waals surface area contributed by atoms with Crippen molar-refractivity contribution in [1.29, 1.82) is 0 Å². The molecule has 0 radical (unpaired) electrons. The van der Waals surface area contributed by atoms with Crippen LogP contribution in [0.2, 0.25) is 0 Å². The lowest BCUT2D eigenvalue weighted by atomic mass is 9.92. The molecule has 1 saturated carbocycles. The zero-order chi connectivity index (χ0) is 12.7. The molecule has 2 heterocycles. The van der Waals surface area contributed by atoms with E-state index in [1.54, 1.807) is 0 Å². The maximum absolute atomic E-state index is 6.02. The highest BCUT2D eigenvalue weighted by atomic mass is 32.1. The van der Waals surface area contributed by atoms with Gasteiger partial charge < -0.3 is 10.6 Å². The van der Waals surface area contributed by atoms with E-state index in [1.165, 1.54) is 48.7 Å². The van der Waals surface area contributed by atoms with Crippen LogP contribution in [-0.2, 0) is 0 Å². The molecule has 0 amide bonds. The van der Waals surface area contributed by atoms with Gasteiger partial charge in [-0.15, -0.1) is 11.3 Å². The number of hydrogen-bond acceptors (Lipinski definition) is 4. The van der Waals surface area contributed by atoms with Crippen LogP contribution in [0.1, 0.15) is 55.6 Å². The molecule has 1 aliphatic carbocycles. The first-order valence-electron chi connectivity index (χ1n) is 7.16. The van der Waals surface area contributed by atoms with Gasteiger partial charge >= 0.3 is 0 Å². The zero-order valence-corrected chi connectivity index (χ0v) is 12.2. The second-order valence-electron chi connectivity index (χ2n) is 5.83. The fourth-order valence-corrected chi connectivity index (χ4v) is 4.73. The van der Waals surface area contributed by atoms with Gasteiger partial charge in [0.1, 0.15) is 0 Å². The second kappa shape index (κ2) is 4.82. The Kier molecular flexibility index (Phi) is 3.32. The van der Waals surface area contributed by atoms with Crippen molar-refractivity contribution in [3.63, 3.8) is 0 Å². The summed E-state index contributed by atoms with van der Waals surface area (Å²) in [5, 5.41) is 1.22. The van der Waals surface area contributed by atoms with E-state index < -0.39 is 0 Å². The minimum atomic E-state index is 0.111. The van der Waals surface area contributed by atoms with Crippen LogP contribution in [0.5, 0.6) is 0 Å². The van der Waals surface area contributed by atoms with Crippen LogP contribution in [0, 0.1) is 12.8 Å². The van der Waals surface area contributed by atoms with Gasteiger partial charge in [0.05, 0.1) is 5.69 Å². The van der Waals surface area contributed by atoms with Gasteiger partial charge in [0.2, 0.25) is 0 Å². The predicted molar refractivity (Wildman–Crippen MR) is 77.2 cm³/mol. The van der Waals surface area contributed by atoms with Crippen molar-refractivity contribution in [2.75, 3.05) is 11.4 Å². The molecule has 1 saturated heterocycles. The Morgan fingerprint density at radius 1 is 1.33 bits per heavy atom. The molecule has 3 atom stereocenters. The normalized spacial score (nSPS) is 29.4. The standard InChI is InChI=1S/C14H23N3S/c1-9(15)13-10(2)16-14(18-13)17-8-4-6-11-5-3-7-12(11)17/h9,11-12H,3-8,15H2,1-2H3. The molecule has 3 nitrogen and oxygen atoms in total. The van der Waals surface area contributed by atoms with Crippen LogP contribution >= 0.6 is 11.3 Å². The van der Waals surface area contributed by atoms with Gasteiger partial charge in [-0.3, -0.25) is 0 Å². The molecular formula is C14H23N3S. The van der Waals surface area contributed by atoms with Crippen molar-refractivity contribution in [1.82, 2.24) is 4.98 Å². The highest BCUT2D eigenvalue weighted by Crippen LogP contribution is 2.41. The first kappa shape index (κ1) is 12.4. The first-order chi connectivity index (χ1) is 8.66. The number of aryl methyl sites for hydroxylation is 1. The Morgan fingerprint density at radius 2 is 2.11 bits per heavy atom. The Hall–Kier alpha value is -0.610. The third-order valence-corrected chi connectivity index (χ3v) is 5.87. The number of anilines is 1. The average molecular weight is 265 g/mol. The highest BCUT2D eigenvalue weighted by Gasteiger charge is 2.36. The third kappa shape index (κ3) is 2.05. The molecule has 1 aromatic rings. The van der Waals surface area contributed by atoms with Crippen molar-refractivity contribution in [2.24, 2.45) is 11.7 Å². The van der Waals surface area contributed by atoms with E-state index in [0.29, 0.717) is 0 Å². The molecule has 0 bridgehead atoms. The van der Waals surface area contributed by atoms with Crippen molar-refractivity contribution in [3.8, 4) is 0 Å². The van der Waals surface area contributed by atoms with Gasteiger partial charge in [0.25, 0.3) is 0 Å². The van der Waals surface area contributed by atoms with Crippen molar-refractivity contribution in [3.05, 3.63) is 10.6 Å². The van der Waals surface area contributed by atoms with Crippen LogP contribution in [-0.4, -0.2) is 17.6 Å². The molecule has 100 valence electrons. The van der Waals surface area contributed by atoms with Crippen LogP contribution in [0.3, 0.4) is 0 Å². The third-order valence-electron chi connectivity index (χ3n) is 4.47. The van der Waals surface area contributed by atoms with E-state index in [9.17, 15) is 0 Å². The number of nitrogens with zero attached hydrogens (tertiary/aromatic N) is 2. The summed E-state index contributed by atoms with van der Waals surface area (Å²) in [5.74, 6) is 0.918. The van der Waals surface area contributed by atoms with Crippen molar-refractivity contribution in [2.45, 2.75) is 58.0 Å². The summed E-state index contributed by atoms with van der Waals surface area (Å²) in [7, 11) is 0. The largest absolute Gasteiger partial charge is 0.345 e. The van der Waals surface area contributed by atoms with Gasteiger partial charge in [0.15, 0.2) is 5.13 Å². The van der Waals surface area contributed by atoms with Gasteiger partial charge in [-0.05, 0) is 45.4 Å². The molecular weight excluding hydrogens is 242 g/mol. The highest BCUT2D eigenvalue weighted by molar-refractivity contribution is 7.15. The maximum atomic E-state index is 6.02. The minimum Gasteiger partial charge on any atom is -0.345 e. The molecule has 3 rings (SSSR count). The molecule has 0 aromatic carbocycles. The van der Waals surface area contributed by atoms with Crippen LogP contribution < -0.4 is 10.6 Å². The number of rotatable bonds is 2. The van der Waals surface area contributed by atoms with Gasteiger partial charge in [-0.25, -0.2) is 4.98 Å². The molecule has 3 unspecified atom stereocenters. The molecule has 2 fully saturated rings. The summed E-state index contributed by atoms with van der Waals surface area (Å²) < 4.78 is 0. The second-order valence-corrected chi connectivity index (χ2v) is 6.84. The van der Waals surface area contributed by atoms with Crippen LogP contribution in [0.15, 0.2) is 0 Å². The minimum absolute atomic E-state index is 0.111. The molecule has 1 aliphatic heterocycles. The van der Waals surface area contributed by atoms with E-state index in [2.05, 4.69) is 18.7 Å². The fourth-order valence-electron chi connectivity index (χ4n) is 3.63. The van der Waals surface area contributed by atoms with Gasteiger partial charge in [-0.1, -0.05) is 6.42 Å². The summed E-state index contributed by atoms with van der Waals surface area (Å²) in [5.41, 5.74) is 7.15. The fraction of sp³-hybridized carbons (Fsp3) is 0.786. The first-order valence-corrected chi connectivity index (χ1v) is 7.98. The summed E-state index contributed by atoms with van der Waals surface area (Å²) in [4.78, 5) is 8.61. The molecule has 0 spiro atoms. The quantitative estimate of drug-likeness (QED) is 0.892. The SMILES string of the molecule is Cc1nc(N2CCCC3CCCC32)sc1C(C)N. The number of thiazole rings is 1. The monoisotopic (exact) mass is 265 g/mol. The van der Waals surface area contributed by atoms with Gasteiger partial charge in [-0.2, -0.15) is 0 Å². The Labute approximate surface area is 113 Å². The molecule has 1 aromatic heterocycles. The van der Waals surface area contributed by atoms with E-state index in [-0.39, 0.29) is 6.04 Å². The summed E-state index contributed by atoms with van der Waals surface area (Å²) in [6.45, 7) is 5.33. The summed E-state index contributed by atoms with van der Waals surface area (Å²) in [6.07, 6.45) is 6.93. The van der Waals surface area contributed by atoms with Crippen molar-refractivity contribution >= 4 is 16.5 Å². The number of fused-ring (bicyclic) bond motifs is 1. The summed E-state index contributed by atoms with van der Waals surface area (Å²) >= 11 is 1.81. The lowest BCUT2D eigenvalue weighted by Gasteiger charge is -2.37. The Balaban J connectivity index is 1.87. The van der Waals surface area contributed by atoms with Crippen LogP contribution in [0.25, 0.3) is 0 Å². The average Bonchev–Trinajstić information content (AvgIpc) is 2.94. The maximum Gasteiger partial charge on any atom is 0.186 e. The molecule has 4 heteroatoms. The zero-order valence-electron chi connectivity index (χ0n) is 11.4. The Bertz CT molecular complexity index is 427. The molecule has 2 N–H and O–H groups in total. The number of aromatic nitrogens is 1. The van der Waals surface area contributed by atoms with E-state index in [0.717, 1.165) is 17.7 Å². The molecule has 2 aliphatic rings. The predicted octanol–water partition coefficient (Wildman–Crippen LogP) is 3.24. The Morgan fingerprint density at radius 3 is 2.83 bits per heavy atom. The van der Waals surface area contributed by atoms with E-state index in [1.807, 2.05) is 11.3 Å². The van der Waals surface area contributed by atoms with E-state index in [4.69, 9.17) is 10.7 Å². The topological polar surface area (TPSA) is 42.2 Å². The summed E-state index contributed by atoms with van der Waals surface area (Å²) in [6, 6.07) is 0.866.